The van der Waals surface area contributed by atoms with Crippen LogP contribution in [0.1, 0.15) is 22.9 Å². The second-order valence-electron chi connectivity index (χ2n) is 5.75. The number of nitrogens with one attached hydrogen (secondary N) is 1. The summed E-state index contributed by atoms with van der Waals surface area (Å²) in [5.41, 5.74) is 3.03. The largest absolute Gasteiger partial charge is 0.508 e. The number of phenolic OH excluding ortho intramolecular Hbond substituents is 1. The van der Waals surface area contributed by atoms with E-state index in [9.17, 15) is 15.0 Å². The zero-order chi connectivity index (χ0) is 17.8. The summed E-state index contributed by atoms with van der Waals surface area (Å²) >= 11 is 0. The molecule has 0 saturated carbocycles. The Labute approximate surface area is 144 Å². The molecule has 128 valence electrons. The highest BCUT2D eigenvalue weighted by molar-refractivity contribution is 5.68. The molecular weight excluding hydrogens is 320 g/mol. The van der Waals surface area contributed by atoms with Crippen LogP contribution < -0.4 is 5.32 Å². The van der Waals surface area contributed by atoms with E-state index in [1.54, 1.807) is 31.2 Å². The summed E-state index contributed by atoms with van der Waals surface area (Å²) in [4.78, 5) is 11.3. The van der Waals surface area contributed by atoms with E-state index < -0.39 is 12.1 Å². The minimum Gasteiger partial charge on any atom is -0.508 e. The van der Waals surface area contributed by atoms with E-state index in [2.05, 4.69) is 10.5 Å². The van der Waals surface area contributed by atoms with Gasteiger partial charge in [0.05, 0.1) is 11.7 Å². The van der Waals surface area contributed by atoms with Crippen LogP contribution in [0.25, 0.3) is 11.3 Å². The molecule has 3 aromatic rings. The fraction of sp³-hybridized carbons (Fsp3) is 0.158. The second kappa shape index (κ2) is 7.09. The number of nitrogens with zero attached hydrogens (tertiary/aromatic N) is 1. The highest BCUT2D eigenvalue weighted by atomic mass is 16.5. The van der Waals surface area contributed by atoms with Gasteiger partial charge in [-0.1, -0.05) is 35.5 Å². The quantitative estimate of drug-likeness (QED) is 0.655. The van der Waals surface area contributed by atoms with Crippen molar-refractivity contribution in [2.75, 3.05) is 0 Å². The van der Waals surface area contributed by atoms with Crippen LogP contribution in [-0.2, 0) is 6.42 Å². The molecule has 0 aliphatic carbocycles. The molecule has 2 aromatic carbocycles. The maximum atomic E-state index is 11.3. The number of rotatable bonds is 5. The van der Waals surface area contributed by atoms with Gasteiger partial charge in [0, 0.05) is 11.1 Å². The van der Waals surface area contributed by atoms with E-state index in [-0.39, 0.29) is 5.75 Å². The maximum absolute atomic E-state index is 11.3. The standard InChI is InChI=1S/C19H18N2O4/c1-12-17(18(25-21-12)14-7-9-15(22)10-8-14)16(20-19(23)24)11-13-5-3-2-4-6-13/h2-10,16,20,22H,11H2,1H3,(H,23,24)/t16-/m1/s1. The van der Waals surface area contributed by atoms with Crippen LogP contribution in [0.4, 0.5) is 4.79 Å². The summed E-state index contributed by atoms with van der Waals surface area (Å²) < 4.78 is 5.46. The zero-order valence-corrected chi connectivity index (χ0v) is 13.6. The fourth-order valence-corrected chi connectivity index (χ4v) is 2.83. The molecule has 25 heavy (non-hydrogen) atoms. The van der Waals surface area contributed by atoms with Crippen molar-refractivity contribution in [2.24, 2.45) is 0 Å². The predicted octanol–water partition coefficient (Wildman–Crippen LogP) is 3.91. The molecule has 1 atom stereocenters. The SMILES string of the molecule is Cc1noc(-c2ccc(O)cc2)c1[C@@H](Cc1ccccc1)NC(=O)O. The van der Waals surface area contributed by atoms with Crippen molar-refractivity contribution < 1.29 is 19.5 Å². The van der Waals surface area contributed by atoms with Gasteiger partial charge >= 0.3 is 6.09 Å². The Hall–Kier alpha value is -3.28. The van der Waals surface area contributed by atoms with E-state index in [1.165, 1.54) is 0 Å². The Morgan fingerprint density at radius 3 is 2.48 bits per heavy atom. The number of carbonyl (C=O) groups is 1. The lowest BCUT2D eigenvalue weighted by molar-refractivity contribution is 0.190. The lowest BCUT2D eigenvalue weighted by Gasteiger charge is -2.18. The summed E-state index contributed by atoms with van der Waals surface area (Å²) in [7, 11) is 0. The van der Waals surface area contributed by atoms with E-state index in [0.717, 1.165) is 11.1 Å². The Bertz CT molecular complexity index is 857. The highest BCUT2D eigenvalue weighted by Crippen LogP contribution is 2.33. The van der Waals surface area contributed by atoms with Gasteiger partial charge < -0.3 is 20.1 Å². The topological polar surface area (TPSA) is 95.6 Å². The molecule has 0 radical (unpaired) electrons. The molecule has 6 nitrogen and oxygen atoms in total. The average Bonchev–Trinajstić information content (AvgIpc) is 2.97. The Balaban J connectivity index is 2.02. The van der Waals surface area contributed by atoms with Crippen molar-refractivity contribution in [1.29, 1.82) is 0 Å². The number of phenols is 1. The first-order valence-electron chi connectivity index (χ1n) is 7.83. The van der Waals surface area contributed by atoms with Crippen molar-refractivity contribution in [2.45, 2.75) is 19.4 Å². The summed E-state index contributed by atoms with van der Waals surface area (Å²) in [6.07, 6.45) is -0.640. The third-order valence-electron chi connectivity index (χ3n) is 3.97. The van der Waals surface area contributed by atoms with Gasteiger partial charge in [-0.3, -0.25) is 0 Å². The number of aryl methyl sites for hydroxylation is 1. The third-order valence-corrected chi connectivity index (χ3v) is 3.97. The third kappa shape index (κ3) is 3.80. The first-order valence-corrected chi connectivity index (χ1v) is 7.83. The molecule has 0 fully saturated rings. The molecular formula is C19H18N2O4. The summed E-state index contributed by atoms with van der Waals surface area (Å²) in [5.74, 6) is 0.637. The Morgan fingerprint density at radius 2 is 1.84 bits per heavy atom. The highest BCUT2D eigenvalue weighted by Gasteiger charge is 2.25. The van der Waals surface area contributed by atoms with Gasteiger partial charge in [-0.15, -0.1) is 0 Å². The van der Waals surface area contributed by atoms with Gasteiger partial charge in [0.1, 0.15) is 5.75 Å². The van der Waals surface area contributed by atoms with Crippen molar-refractivity contribution in [3.8, 4) is 17.1 Å². The lowest BCUT2D eigenvalue weighted by Crippen LogP contribution is -2.29. The van der Waals surface area contributed by atoms with Crippen LogP contribution in [0.15, 0.2) is 59.1 Å². The average molecular weight is 338 g/mol. The van der Waals surface area contributed by atoms with Crippen LogP contribution in [-0.4, -0.2) is 21.5 Å². The first kappa shape index (κ1) is 16.6. The van der Waals surface area contributed by atoms with Crippen LogP contribution in [0.3, 0.4) is 0 Å². The van der Waals surface area contributed by atoms with Gasteiger partial charge in [0.25, 0.3) is 0 Å². The molecule has 3 rings (SSSR count). The first-order chi connectivity index (χ1) is 12.0. The molecule has 0 unspecified atom stereocenters. The number of aromatic nitrogens is 1. The molecule has 0 aliphatic rings. The van der Waals surface area contributed by atoms with Crippen molar-refractivity contribution in [1.82, 2.24) is 10.5 Å². The van der Waals surface area contributed by atoms with Crippen molar-refractivity contribution in [3.05, 3.63) is 71.4 Å². The minimum absolute atomic E-state index is 0.144. The van der Waals surface area contributed by atoms with Crippen LogP contribution >= 0.6 is 0 Å². The fourth-order valence-electron chi connectivity index (χ4n) is 2.83. The van der Waals surface area contributed by atoms with E-state index in [1.807, 2.05) is 30.3 Å². The van der Waals surface area contributed by atoms with E-state index in [0.29, 0.717) is 23.4 Å². The van der Waals surface area contributed by atoms with Gasteiger partial charge in [0.2, 0.25) is 0 Å². The number of aromatic hydroxyl groups is 1. The lowest BCUT2D eigenvalue weighted by atomic mass is 9.95. The van der Waals surface area contributed by atoms with Gasteiger partial charge in [0.15, 0.2) is 5.76 Å². The molecule has 0 saturated heterocycles. The summed E-state index contributed by atoms with van der Waals surface area (Å²) in [6, 6.07) is 15.6. The minimum atomic E-state index is -1.11. The number of hydrogen-bond donors (Lipinski definition) is 3. The Kier molecular flexibility index (Phi) is 4.70. The van der Waals surface area contributed by atoms with Gasteiger partial charge in [-0.25, -0.2) is 4.79 Å². The van der Waals surface area contributed by atoms with Crippen LogP contribution in [0.5, 0.6) is 5.75 Å². The molecule has 6 heteroatoms. The van der Waals surface area contributed by atoms with Crippen LogP contribution in [0, 0.1) is 6.92 Å². The maximum Gasteiger partial charge on any atom is 0.405 e. The zero-order valence-electron chi connectivity index (χ0n) is 13.6. The number of carboxylic acid groups (broad SMARTS) is 1. The Morgan fingerprint density at radius 1 is 1.16 bits per heavy atom. The normalized spacial score (nSPS) is 11.9. The predicted molar refractivity (Wildman–Crippen MR) is 92.4 cm³/mol. The van der Waals surface area contributed by atoms with E-state index in [4.69, 9.17) is 4.52 Å². The molecule has 0 spiro atoms. The van der Waals surface area contributed by atoms with E-state index >= 15 is 0 Å². The second-order valence-corrected chi connectivity index (χ2v) is 5.75. The molecule has 1 heterocycles. The number of amides is 1. The molecule has 1 amide bonds. The van der Waals surface area contributed by atoms with Crippen molar-refractivity contribution in [3.63, 3.8) is 0 Å². The molecule has 0 aliphatic heterocycles. The molecule has 0 bridgehead atoms. The summed E-state index contributed by atoms with van der Waals surface area (Å²) in [6.45, 7) is 1.78. The molecule has 3 N–H and O–H groups in total. The van der Waals surface area contributed by atoms with Crippen LogP contribution in [0.2, 0.25) is 0 Å². The van der Waals surface area contributed by atoms with Crippen molar-refractivity contribution >= 4 is 6.09 Å². The monoisotopic (exact) mass is 338 g/mol. The van der Waals surface area contributed by atoms with Gasteiger partial charge in [-0.2, -0.15) is 0 Å². The smallest absolute Gasteiger partial charge is 0.405 e. The number of benzene rings is 2. The summed E-state index contributed by atoms with van der Waals surface area (Å²) in [5, 5.41) is 25.3. The number of hydrogen-bond acceptors (Lipinski definition) is 4. The van der Waals surface area contributed by atoms with Gasteiger partial charge in [-0.05, 0) is 43.2 Å². The molecule has 1 aromatic heterocycles.